The number of rotatable bonds is 5. The number of hydrogen-bond acceptors (Lipinski definition) is 3. The summed E-state index contributed by atoms with van der Waals surface area (Å²) in [7, 11) is 0. The summed E-state index contributed by atoms with van der Waals surface area (Å²) in [5.74, 6) is 0.829. The molecule has 0 heterocycles. The third-order valence-electron chi connectivity index (χ3n) is 3.04. The van der Waals surface area contributed by atoms with Gasteiger partial charge >= 0.3 is 0 Å². The zero-order valence-electron chi connectivity index (χ0n) is 10.5. The predicted octanol–water partition coefficient (Wildman–Crippen LogP) is 2.95. The topological polar surface area (TPSA) is 46.2 Å². The van der Waals surface area contributed by atoms with E-state index in [1.165, 1.54) is 16.3 Å². The molecule has 18 heavy (non-hydrogen) atoms. The van der Waals surface area contributed by atoms with Crippen molar-refractivity contribution in [3.05, 3.63) is 48.0 Å². The molecule has 0 aliphatic heterocycles. The van der Waals surface area contributed by atoms with Crippen molar-refractivity contribution in [1.82, 2.24) is 0 Å². The molecule has 0 saturated heterocycles. The Morgan fingerprint density at radius 3 is 2.67 bits per heavy atom. The van der Waals surface area contributed by atoms with Crippen LogP contribution in [0.15, 0.2) is 42.5 Å². The highest BCUT2D eigenvalue weighted by molar-refractivity contribution is 7.99. The number of aliphatic hydroxyl groups excluding tert-OH is 1. The van der Waals surface area contributed by atoms with Crippen molar-refractivity contribution in [2.45, 2.75) is 18.2 Å². The first kappa shape index (κ1) is 13.4. The van der Waals surface area contributed by atoms with Gasteiger partial charge in [-0.25, -0.2) is 0 Å². The summed E-state index contributed by atoms with van der Waals surface area (Å²) in [5, 5.41) is 11.7. The lowest BCUT2D eigenvalue weighted by atomic mass is 10.0. The second kappa shape index (κ2) is 6.23. The minimum atomic E-state index is 0.00935. The highest BCUT2D eigenvalue weighted by Crippen LogP contribution is 2.26. The SMILES string of the molecule is CC(CO)SCC(N)c1cccc2ccccc12. The Labute approximate surface area is 112 Å². The molecule has 2 nitrogen and oxygen atoms in total. The maximum Gasteiger partial charge on any atom is 0.0547 e. The Kier molecular flexibility index (Phi) is 4.64. The Morgan fingerprint density at radius 1 is 1.17 bits per heavy atom. The predicted molar refractivity (Wildman–Crippen MR) is 79.9 cm³/mol. The summed E-state index contributed by atoms with van der Waals surface area (Å²) in [4.78, 5) is 0. The number of nitrogens with two attached hydrogens (primary N) is 1. The van der Waals surface area contributed by atoms with Crippen LogP contribution in [-0.2, 0) is 0 Å². The maximum absolute atomic E-state index is 9.03. The molecule has 0 fully saturated rings. The second-order valence-electron chi connectivity index (χ2n) is 4.50. The summed E-state index contributed by atoms with van der Waals surface area (Å²) in [5.41, 5.74) is 7.45. The van der Waals surface area contributed by atoms with Gasteiger partial charge in [-0.3, -0.25) is 0 Å². The van der Waals surface area contributed by atoms with Crippen molar-refractivity contribution in [2.24, 2.45) is 5.73 Å². The lowest BCUT2D eigenvalue weighted by Crippen LogP contribution is -2.16. The molecule has 96 valence electrons. The van der Waals surface area contributed by atoms with Crippen molar-refractivity contribution >= 4 is 22.5 Å². The van der Waals surface area contributed by atoms with Gasteiger partial charge in [0, 0.05) is 17.0 Å². The first-order valence-corrected chi connectivity index (χ1v) is 7.23. The molecule has 0 aliphatic carbocycles. The molecule has 0 spiro atoms. The molecule has 2 unspecified atom stereocenters. The molecule has 0 amide bonds. The van der Waals surface area contributed by atoms with E-state index in [2.05, 4.69) is 30.3 Å². The lowest BCUT2D eigenvalue weighted by molar-refractivity contribution is 0.300. The molecule has 2 aromatic carbocycles. The van der Waals surface area contributed by atoms with E-state index in [0.717, 1.165) is 5.75 Å². The minimum absolute atomic E-state index is 0.00935. The minimum Gasteiger partial charge on any atom is -0.395 e. The molecular formula is C15H19NOS. The van der Waals surface area contributed by atoms with Gasteiger partial charge in [-0.2, -0.15) is 11.8 Å². The molecular weight excluding hydrogens is 242 g/mol. The van der Waals surface area contributed by atoms with Gasteiger partial charge in [0.05, 0.1) is 6.61 Å². The number of fused-ring (bicyclic) bond motifs is 1. The molecule has 0 bridgehead atoms. The van der Waals surface area contributed by atoms with Gasteiger partial charge in [0.25, 0.3) is 0 Å². The van der Waals surface area contributed by atoms with Crippen LogP contribution in [0.2, 0.25) is 0 Å². The summed E-state index contributed by atoms with van der Waals surface area (Å²) in [6.45, 7) is 2.22. The van der Waals surface area contributed by atoms with E-state index < -0.39 is 0 Å². The van der Waals surface area contributed by atoms with Crippen LogP contribution in [0, 0.1) is 0 Å². The van der Waals surface area contributed by atoms with Crippen LogP contribution >= 0.6 is 11.8 Å². The van der Waals surface area contributed by atoms with E-state index in [1.54, 1.807) is 11.8 Å². The molecule has 0 aromatic heterocycles. The van der Waals surface area contributed by atoms with Gasteiger partial charge in [-0.05, 0) is 16.3 Å². The van der Waals surface area contributed by atoms with E-state index in [1.807, 2.05) is 19.1 Å². The number of benzene rings is 2. The first-order valence-electron chi connectivity index (χ1n) is 6.18. The van der Waals surface area contributed by atoms with E-state index >= 15 is 0 Å². The van der Waals surface area contributed by atoms with Crippen LogP contribution < -0.4 is 5.73 Å². The van der Waals surface area contributed by atoms with Gasteiger partial charge in [0.1, 0.15) is 0 Å². The molecule has 0 radical (unpaired) electrons. The standard InChI is InChI=1S/C15H19NOS/c1-11(9-17)18-10-15(16)14-8-4-6-12-5-2-3-7-13(12)14/h2-8,11,15,17H,9-10,16H2,1H3. The molecule has 3 N–H and O–H groups in total. The van der Waals surface area contributed by atoms with Crippen LogP contribution in [0.5, 0.6) is 0 Å². The molecule has 2 rings (SSSR count). The lowest BCUT2D eigenvalue weighted by Gasteiger charge is -2.16. The van der Waals surface area contributed by atoms with Gasteiger partial charge in [-0.1, -0.05) is 49.4 Å². The first-order chi connectivity index (χ1) is 8.72. The Balaban J connectivity index is 2.19. The average Bonchev–Trinajstić information content (AvgIpc) is 2.43. The van der Waals surface area contributed by atoms with E-state index in [9.17, 15) is 0 Å². The Bertz CT molecular complexity index is 509. The van der Waals surface area contributed by atoms with Crippen molar-refractivity contribution in [2.75, 3.05) is 12.4 Å². The molecule has 0 saturated carbocycles. The quantitative estimate of drug-likeness (QED) is 0.870. The normalized spacial score (nSPS) is 14.6. The monoisotopic (exact) mass is 261 g/mol. The zero-order valence-corrected chi connectivity index (χ0v) is 11.4. The maximum atomic E-state index is 9.03. The van der Waals surface area contributed by atoms with Crippen molar-refractivity contribution in [1.29, 1.82) is 0 Å². The van der Waals surface area contributed by atoms with Crippen molar-refractivity contribution < 1.29 is 5.11 Å². The van der Waals surface area contributed by atoms with Gasteiger partial charge < -0.3 is 10.8 Å². The van der Waals surface area contributed by atoms with Crippen molar-refractivity contribution in [3.63, 3.8) is 0 Å². The third kappa shape index (κ3) is 3.05. The molecule has 2 aromatic rings. The van der Waals surface area contributed by atoms with Crippen LogP contribution in [0.3, 0.4) is 0 Å². The summed E-state index contributed by atoms with van der Waals surface area (Å²) in [6.07, 6.45) is 0. The second-order valence-corrected chi connectivity index (χ2v) is 5.97. The molecule has 0 aliphatic rings. The Hall–Kier alpha value is -1.03. The van der Waals surface area contributed by atoms with Crippen LogP contribution in [0.4, 0.5) is 0 Å². The summed E-state index contributed by atoms with van der Waals surface area (Å²) >= 11 is 1.71. The van der Waals surface area contributed by atoms with E-state index in [0.29, 0.717) is 0 Å². The van der Waals surface area contributed by atoms with Crippen LogP contribution in [0.1, 0.15) is 18.5 Å². The highest BCUT2D eigenvalue weighted by Gasteiger charge is 2.11. The number of hydrogen-bond donors (Lipinski definition) is 2. The molecule has 3 heteroatoms. The molecule has 2 atom stereocenters. The van der Waals surface area contributed by atoms with Gasteiger partial charge in [-0.15, -0.1) is 0 Å². The fourth-order valence-corrected chi connectivity index (χ4v) is 2.81. The zero-order chi connectivity index (χ0) is 13.0. The number of thioether (sulfide) groups is 1. The fraction of sp³-hybridized carbons (Fsp3) is 0.333. The Morgan fingerprint density at radius 2 is 1.89 bits per heavy atom. The van der Waals surface area contributed by atoms with Crippen molar-refractivity contribution in [3.8, 4) is 0 Å². The van der Waals surface area contributed by atoms with E-state index in [-0.39, 0.29) is 17.9 Å². The van der Waals surface area contributed by atoms with E-state index in [4.69, 9.17) is 10.8 Å². The summed E-state index contributed by atoms with van der Waals surface area (Å²) < 4.78 is 0. The highest BCUT2D eigenvalue weighted by atomic mass is 32.2. The smallest absolute Gasteiger partial charge is 0.0547 e. The van der Waals surface area contributed by atoms with Crippen LogP contribution in [-0.4, -0.2) is 22.7 Å². The average molecular weight is 261 g/mol. The van der Waals surface area contributed by atoms with Gasteiger partial charge in [0.2, 0.25) is 0 Å². The number of aliphatic hydroxyl groups is 1. The third-order valence-corrected chi connectivity index (χ3v) is 4.31. The fourth-order valence-electron chi connectivity index (χ4n) is 1.98. The largest absolute Gasteiger partial charge is 0.395 e. The van der Waals surface area contributed by atoms with Gasteiger partial charge in [0.15, 0.2) is 0 Å². The summed E-state index contributed by atoms with van der Waals surface area (Å²) in [6, 6.07) is 14.6. The van der Waals surface area contributed by atoms with Crippen LogP contribution in [0.25, 0.3) is 10.8 Å².